The average molecular weight is 304 g/mol. The summed E-state index contributed by atoms with van der Waals surface area (Å²) in [5, 5.41) is 8.78. The third kappa shape index (κ3) is 2.66. The molecule has 0 spiro atoms. The van der Waals surface area contributed by atoms with Crippen molar-refractivity contribution in [3.63, 3.8) is 0 Å². The topological polar surface area (TPSA) is 58.7 Å². The maximum Gasteiger partial charge on any atom is 0.253 e. The second kappa shape index (κ2) is 5.15. The van der Waals surface area contributed by atoms with Crippen LogP contribution in [-0.2, 0) is 6.54 Å². The molecule has 2 aromatic rings. The summed E-state index contributed by atoms with van der Waals surface area (Å²) in [5.41, 5.74) is 2.13. The first-order chi connectivity index (χ1) is 8.60. The molecule has 0 fully saturated rings. The summed E-state index contributed by atoms with van der Waals surface area (Å²) in [6.07, 6.45) is 1.53. The summed E-state index contributed by atoms with van der Waals surface area (Å²) in [4.78, 5) is 15.8. The van der Waals surface area contributed by atoms with E-state index in [-0.39, 0.29) is 5.56 Å². The van der Waals surface area contributed by atoms with Gasteiger partial charge in [-0.05, 0) is 24.6 Å². The van der Waals surface area contributed by atoms with Crippen LogP contribution in [0, 0.1) is 18.3 Å². The van der Waals surface area contributed by atoms with Gasteiger partial charge in [-0.25, -0.2) is 4.98 Å². The lowest BCUT2D eigenvalue weighted by Gasteiger charge is -2.07. The Bertz CT molecular complexity index is 685. The van der Waals surface area contributed by atoms with Gasteiger partial charge in [-0.2, -0.15) is 5.26 Å². The van der Waals surface area contributed by atoms with Gasteiger partial charge in [0.2, 0.25) is 0 Å². The third-order valence-corrected chi connectivity index (χ3v) is 3.28. The number of rotatable bonds is 2. The standard InChI is InChI=1S/C13H10BrN3O/c1-9-4-13(18)17(8-16-9)7-11-3-2-10(6-15)5-12(11)14/h2-5,8H,7H2,1H3. The predicted octanol–water partition coefficient (Wildman–Crippen LogP) is 2.23. The third-order valence-electron chi connectivity index (χ3n) is 2.54. The Balaban J connectivity index is 2.35. The lowest BCUT2D eigenvalue weighted by atomic mass is 10.1. The van der Waals surface area contributed by atoms with E-state index in [0.717, 1.165) is 10.0 Å². The molecule has 1 heterocycles. The molecular formula is C13H10BrN3O. The first kappa shape index (κ1) is 12.5. The van der Waals surface area contributed by atoms with E-state index < -0.39 is 0 Å². The highest BCUT2D eigenvalue weighted by Gasteiger charge is 2.04. The van der Waals surface area contributed by atoms with E-state index in [9.17, 15) is 4.79 Å². The second-order valence-corrected chi connectivity index (χ2v) is 4.77. The molecule has 0 amide bonds. The van der Waals surface area contributed by atoms with Crippen LogP contribution >= 0.6 is 15.9 Å². The molecule has 5 heteroatoms. The van der Waals surface area contributed by atoms with E-state index in [0.29, 0.717) is 17.8 Å². The minimum Gasteiger partial charge on any atom is -0.295 e. The SMILES string of the molecule is Cc1cc(=O)n(Cc2ccc(C#N)cc2Br)cn1. The number of aromatic nitrogens is 2. The van der Waals surface area contributed by atoms with E-state index in [2.05, 4.69) is 27.0 Å². The summed E-state index contributed by atoms with van der Waals surface area (Å²) in [5.74, 6) is 0. The Morgan fingerprint density at radius 2 is 2.22 bits per heavy atom. The minimum absolute atomic E-state index is 0.0845. The minimum atomic E-state index is -0.0845. The van der Waals surface area contributed by atoms with Crippen molar-refractivity contribution in [1.82, 2.24) is 9.55 Å². The molecule has 0 saturated carbocycles. The lowest BCUT2D eigenvalue weighted by Crippen LogP contribution is -2.20. The maximum atomic E-state index is 11.7. The zero-order chi connectivity index (χ0) is 13.1. The van der Waals surface area contributed by atoms with Gasteiger partial charge in [0, 0.05) is 16.2 Å². The summed E-state index contributed by atoms with van der Waals surface area (Å²) in [6, 6.07) is 8.86. The van der Waals surface area contributed by atoms with Crippen LogP contribution in [0.2, 0.25) is 0 Å². The molecular weight excluding hydrogens is 294 g/mol. The molecule has 0 bridgehead atoms. The highest BCUT2D eigenvalue weighted by atomic mass is 79.9. The van der Waals surface area contributed by atoms with E-state index in [1.165, 1.54) is 17.0 Å². The number of halogens is 1. The molecule has 0 saturated heterocycles. The Morgan fingerprint density at radius 1 is 1.44 bits per heavy atom. The first-order valence-corrected chi connectivity index (χ1v) is 6.11. The van der Waals surface area contributed by atoms with Crippen LogP contribution in [0.4, 0.5) is 0 Å². The first-order valence-electron chi connectivity index (χ1n) is 5.32. The molecule has 4 nitrogen and oxygen atoms in total. The zero-order valence-corrected chi connectivity index (χ0v) is 11.3. The number of benzene rings is 1. The molecule has 0 atom stereocenters. The van der Waals surface area contributed by atoms with E-state index in [1.54, 1.807) is 19.1 Å². The molecule has 0 aliphatic rings. The van der Waals surface area contributed by atoms with Crippen molar-refractivity contribution < 1.29 is 0 Å². The van der Waals surface area contributed by atoms with Gasteiger partial charge < -0.3 is 0 Å². The number of aryl methyl sites for hydroxylation is 1. The molecule has 18 heavy (non-hydrogen) atoms. The number of hydrogen-bond acceptors (Lipinski definition) is 3. The van der Waals surface area contributed by atoms with E-state index >= 15 is 0 Å². The van der Waals surface area contributed by atoms with Gasteiger partial charge in [0.25, 0.3) is 5.56 Å². The largest absolute Gasteiger partial charge is 0.295 e. The van der Waals surface area contributed by atoms with Crippen LogP contribution in [0.5, 0.6) is 0 Å². The van der Waals surface area contributed by atoms with Gasteiger partial charge >= 0.3 is 0 Å². The highest BCUT2D eigenvalue weighted by molar-refractivity contribution is 9.10. The Kier molecular flexibility index (Phi) is 3.58. The molecule has 0 N–H and O–H groups in total. The Hall–Kier alpha value is -1.93. The monoisotopic (exact) mass is 303 g/mol. The fourth-order valence-electron chi connectivity index (χ4n) is 1.56. The molecule has 90 valence electrons. The fraction of sp³-hybridized carbons (Fsp3) is 0.154. The molecule has 0 aliphatic heterocycles. The van der Waals surface area contributed by atoms with Crippen LogP contribution in [-0.4, -0.2) is 9.55 Å². The van der Waals surface area contributed by atoms with Gasteiger partial charge in [0.05, 0.1) is 24.5 Å². The van der Waals surface area contributed by atoms with Gasteiger partial charge in [0.15, 0.2) is 0 Å². The normalized spacial score (nSPS) is 10.1. The summed E-state index contributed by atoms with van der Waals surface area (Å²) < 4.78 is 2.34. The molecule has 0 unspecified atom stereocenters. The number of nitrogens with zero attached hydrogens (tertiary/aromatic N) is 3. The van der Waals surface area contributed by atoms with Crippen molar-refractivity contribution in [3.8, 4) is 6.07 Å². The van der Waals surface area contributed by atoms with Gasteiger partial charge in [-0.15, -0.1) is 0 Å². The fourth-order valence-corrected chi connectivity index (χ4v) is 2.07. The maximum absolute atomic E-state index is 11.7. The van der Waals surface area contributed by atoms with Crippen molar-refractivity contribution in [2.24, 2.45) is 0 Å². The van der Waals surface area contributed by atoms with Crippen LogP contribution in [0.1, 0.15) is 16.8 Å². The zero-order valence-electron chi connectivity index (χ0n) is 9.72. The molecule has 1 aromatic heterocycles. The second-order valence-electron chi connectivity index (χ2n) is 3.91. The van der Waals surface area contributed by atoms with Gasteiger partial charge in [0.1, 0.15) is 0 Å². The Labute approximate surface area is 113 Å². The highest BCUT2D eigenvalue weighted by Crippen LogP contribution is 2.18. The van der Waals surface area contributed by atoms with Crippen LogP contribution in [0.25, 0.3) is 0 Å². The van der Waals surface area contributed by atoms with Crippen molar-refractivity contribution >= 4 is 15.9 Å². The van der Waals surface area contributed by atoms with Crippen molar-refractivity contribution in [2.75, 3.05) is 0 Å². The quantitative estimate of drug-likeness (QED) is 0.855. The predicted molar refractivity (Wildman–Crippen MR) is 71.2 cm³/mol. The number of hydrogen-bond donors (Lipinski definition) is 0. The summed E-state index contributed by atoms with van der Waals surface area (Å²) in [7, 11) is 0. The molecule has 0 aliphatic carbocycles. The summed E-state index contributed by atoms with van der Waals surface area (Å²) in [6.45, 7) is 2.21. The summed E-state index contributed by atoms with van der Waals surface area (Å²) >= 11 is 3.40. The lowest BCUT2D eigenvalue weighted by molar-refractivity contribution is 0.728. The van der Waals surface area contributed by atoms with Crippen molar-refractivity contribution in [1.29, 1.82) is 5.26 Å². The average Bonchev–Trinajstić information content (AvgIpc) is 2.34. The molecule has 1 aromatic carbocycles. The Morgan fingerprint density at radius 3 is 2.83 bits per heavy atom. The molecule has 0 radical (unpaired) electrons. The number of nitriles is 1. The van der Waals surface area contributed by atoms with Crippen molar-refractivity contribution in [3.05, 3.63) is 62.2 Å². The van der Waals surface area contributed by atoms with E-state index in [4.69, 9.17) is 5.26 Å². The van der Waals surface area contributed by atoms with Gasteiger partial charge in [-0.1, -0.05) is 22.0 Å². The van der Waals surface area contributed by atoms with Crippen molar-refractivity contribution in [2.45, 2.75) is 13.5 Å². The van der Waals surface area contributed by atoms with E-state index in [1.807, 2.05) is 6.07 Å². The van der Waals surface area contributed by atoms with Crippen LogP contribution in [0.3, 0.4) is 0 Å². The smallest absolute Gasteiger partial charge is 0.253 e. The van der Waals surface area contributed by atoms with Gasteiger partial charge in [-0.3, -0.25) is 9.36 Å². The van der Waals surface area contributed by atoms with Crippen LogP contribution < -0.4 is 5.56 Å². The molecule has 2 rings (SSSR count). The van der Waals surface area contributed by atoms with Crippen LogP contribution in [0.15, 0.2) is 39.9 Å².